The molecule has 4 N–H and O–H groups in total. The third-order valence-electron chi connectivity index (χ3n) is 7.22. The minimum absolute atomic E-state index is 0.0139. The van der Waals surface area contributed by atoms with Crippen molar-refractivity contribution < 1.29 is 0 Å². The average Bonchev–Trinajstić information content (AvgIpc) is 3.26. The molecule has 2 fully saturated rings. The summed E-state index contributed by atoms with van der Waals surface area (Å²) >= 11 is 6.49. The van der Waals surface area contributed by atoms with Crippen molar-refractivity contribution in [3.8, 4) is 11.8 Å². The number of nitrogens with zero attached hydrogens (tertiary/aromatic N) is 6. The first-order chi connectivity index (χ1) is 18.5. The number of halogens is 1. The minimum Gasteiger partial charge on any atom is -0.382 e. The number of rotatable bonds is 4. The second-order valence-corrected chi connectivity index (χ2v) is 10.1. The van der Waals surface area contributed by atoms with Gasteiger partial charge < -0.3 is 16.4 Å². The number of hydrogen-bond donors (Lipinski definition) is 3. The van der Waals surface area contributed by atoms with Gasteiger partial charge in [0.25, 0.3) is 5.56 Å². The van der Waals surface area contributed by atoms with E-state index in [0.29, 0.717) is 50.9 Å². The Morgan fingerprint density at radius 2 is 1.97 bits per heavy atom. The summed E-state index contributed by atoms with van der Waals surface area (Å²) in [7, 11) is 0. The van der Waals surface area contributed by atoms with Crippen LogP contribution >= 0.6 is 11.6 Å². The monoisotopic (exact) mass is 527 g/mol. The molecule has 2 aliphatic heterocycles. The normalized spacial score (nSPS) is 21.1. The van der Waals surface area contributed by atoms with Crippen LogP contribution in [0.3, 0.4) is 0 Å². The molecule has 0 spiro atoms. The zero-order chi connectivity index (χ0) is 26.2. The molecule has 2 saturated heterocycles. The molecule has 2 unspecified atom stereocenters. The number of benzene rings is 1. The predicted molar refractivity (Wildman–Crippen MR) is 146 cm³/mol. The van der Waals surface area contributed by atoms with Gasteiger partial charge >= 0.3 is 0 Å². The maximum Gasteiger partial charge on any atom is 0.263 e. The first-order valence-corrected chi connectivity index (χ1v) is 13.0. The lowest BCUT2D eigenvalue weighted by Crippen LogP contribution is -2.43. The fourth-order valence-corrected chi connectivity index (χ4v) is 5.76. The highest BCUT2D eigenvalue weighted by Gasteiger charge is 2.36. The standard InChI is InChI=1S/C27H26ClN9O/c1-15(34-25-20(24(29)32-14-33-25)8-7-18-13-30-9-10-31-18)26-36-22-4-2-3-21(28)23(22)27(38)37(26)19-11-16-5-6-17(12-19)35-16/h2-4,9-10,13-17,19,35H,5-6,11-12H2,1H3,(H3,29,32,33,34)/t15?,16-,17+,19?. The van der Waals surface area contributed by atoms with Crippen LogP contribution in [0.1, 0.15) is 61.8 Å². The van der Waals surface area contributed by atoms with Gasteiger partial charge in [0.1, 0.15) is 35.0 Å². The Balaban J connectivity index is 1.42. The van der Waals surface area contributed by atoms with Gasteiger partial charge in [-0.2, -0.15) is 0 Å². The highest BCUT2D eigenvalue weighted by molar-refractivity contribution is 6.35. The Labute approximate surface area is 224 Å². The molecule has 6 rings (SSSR count). The molecule has 10 nitrogen and oxygen atoms in total. The van der Waals surface area contributed by atoms with E-state index >= 15 is 0 Å². The van der Waals surface area contributed by atoms with E-state index in [-0.39, 0.29) is 17.4 Å². The molecule has 192 valence electrons. The number of piperidine rings is 1. The van der Waals surface area contributed by atoms with Gasteiger partial charge in [-0.3, -0.25) is 14.3 Å². The number of fused-ring (bicyclic) bond motifs is 3. The van der Waals surface area contributed by atoms with Crippen molar-refractivity contribution in [1.82, 2.24) is 34.8 Å². The van der Waals surface area contributed by atoms with Gasteiger partial charge in [-0.25, -0.2) is 19.9 Å². The van der Waals surface area contributed by atoms with E-state index in [0.717, 1.165) is 25.7 Å². The maximum atomic E-state index is 13.9. The highest BCUT2D eigenvalue weighted by Crippen LogP contribution is 2.35. The smallest absolute Gasteiger partial charge is 0.263 e. The minimum atomic E-state index is -0.398. The van der Waals surface area contributed by atoms with E-state index in [4.69, 9.17) is 22.3 Å². The lowest BCUT2D eigenvalue weighted by Gasteiger charge is -2.33. The van der Waals surface area contributed by atoms with Crippen molar-refractivity contribution in [1.29, 1.82) is 0 Å². The molecule has 4 aromatic rings. The van der Waals surface area contributed by atoms with Crippen LogP contribution in [0, 0.1) is 11.8 Å². The van der Waals surface area contributed by atoms with Gasteiger partial charge in [-0.05, 0) is 50.7 Å². The summed E-state index contributed by atoms with van der Waals surface area (Å²) in [6, 6.07) is 5.76. The number of nitrogens with one attached hydrogen (secondary N) is 2. The second-order valence-electron chi connectivity index (χ2n) is 9.73. The summed E-state index contributed by atoms with van der Waals surface area (Å²) in [5.74, 6) is 7.27. The Bertz CT molecular complexity index is 1620. The van der Waals surface area contributed by atoms with E-state index in [2.05, 4.69) is 42.4 Å². The summed E-state index contributed by atoms with van der Waals surface area (Å²) in [5, 5.41) is 7.89. The molecule has 4 atom stereocenters. The fourth-order valence-electron chi connectivity index (χ4n) is 5.51. The van der Waals surface area contributed by atoms with Gasteiger partial charge in [-0.1, -0.05) is 23.6 Å². The van der Waals surface area contributed by atoms with Gasteiger partial charge in [0.05, 0.1) is 28.2 Å². The molecule has 0 amide bonds. The highest BCUT2D eigenvalue weighted by atomic mass is 35.5. The molecular weight excluding hydrogens is 502 g/mol. The Hall–Kier alpha value is -4.07. The summed E-state index contributed by atoms with van der Waals surface area (Å²) in [5.41, 5.74) is 7.54. The van der Waals surface area contributed by atoms with E-state index in [9.17, 15) is 4.79 Å². The summed E-state index contributed by atoms with van der Waals surface area (Å²) in [6.07, 6.45) is 10.1. The van der Waals surface area contributed by atoms with E-state index in [1.165, 1.54) is 6.33 Å². The number of aromatic nitrogens is 6. The summed E-state index contributed by atoms with van der Waals surface area (Å²) < 4.78 is 1.84. The van der Waals surface area contributed by atoms with Crippen molar-refractivity contribution in [2.24, 2.45) is 0 Å². The van der Waals surface area contributed by atoms with Crippen LogP contribution in [0.5, 0.6) is 0 Å². The zero-order valence-electron chi connectivity index (χ0n) is 20.7. The van der Waals surface area contributed by atoms with Crippen LogP contribution in [0.15, 0.2) is 47.9 Å². The molecule has 0 aliphatic carbocycles. The largest absolute Gasteiger partial charge is 0.382 e. The molecule has 0 radical (unpaired) electrons. The number of anilines is 2. The summed E-state index contributed by atoms with van der Waals surface area (Å²) in [4.78, 5) is 35.6. The average molecular weight is 528 g/mol. The molecule has 0 saturated carbocycles. The molecule has 2 aliphatic rings. The van der Waals surface area contributed by atoms with E-state index in [1.54, 1.807) is 30.7 Å². The molecule has 3 aromatic heterocycles. The molecule has 2 bridgehead atoms. The SMILES string of the molecule is CC(Nc1ncnc(N)c1C#Cc1cnccn1)c1nc2cccc(Cl)c2c(=O)n1C1C[C@H]2CC[C@@H](C1)N2. The topological polar surface area (TPSA) is 137 Å². The molecular formula is C27H26ClN9O. The molecule has 1 aromatic carbocycles. The van der Waals surface area contributed by atoms with Crippen molar-refractivity contribution in [2.75, 3.05) is 11.1 Å². The van der Waals surface area contributed by atoms with Crippen LogP contribution in [-0.4, -0.2) is 41.6 Å². The van der Waals surface area contributed by atoms with Gasteiger partial charge in [0.15, 0.2) is 0 Å². The molecule has 38 heavy (non-hydrogen) atoms. The Kier molecular flexibility index (Phi) is 6.39. The third-order valence-corrected chi connectivity index (χ3v) is 7.53. The first-order valence-electron chi connectivity index (χ1n) is 12.6. The van der Waals surface area contributed by atoms with E-state index in [1.807, 2.05) is 17.6 Å². The van der Waals surface area contributed by atoms with Crippen LogP contribution in [0.4, 0.5) is 11.6 Å². The zero-order valence-corrected chi connectivity index (χ0v) is 21.5. The third kappa shape index (κ3) is 4.55. The van der Waals surface area contributed by atoms with Crippen molar-refractivity contribution in [2.45, 2.75) is 56.8 Å². The summed E-state index contributed by atoms with van der Waals surface area (Å²) in [6.45, 7) is 1.95. The Morgan fingerprint density at radius 1 is 1.16 bits per heavy atom. The quantitative estimate of drug-likeness (QED) is 0.341. The van der Waals surface area contributed by atoms with E-state index < -0.39 is 6.04 Å². The number of nitrogens with two attached hydrogens (primary N) is 1. The van der Waals surface area contributed by atoms with Gasteiger partial charge in [-0.15, -0.1) is 0 Å². The van der Waals surface area contributed by atoms with Crippen LogP contribution < -0.4 is 21.9 Å². The molecule has 11 heteroatoms. The van der Waals surface area contributed by atoms with Crippen LogP contribution in [0.25, 0.3) is 10.9 Å². The van der Waals surface area contributed by atoms with Gasteiger partial charge in [0, 0.05) is 30.5 Å². The Morgan fingerprint density at radius 3 is 2.74 bits per heavy atom. The number of hydrogen-bond acceptors (Lipinski definition) is 9. The lowest BCUT2D eigenvalue weighted by molar-refractivity contribution is 0.285. The van der Waals surface area contributed by atoms with Crippen molar-refractivity contribution in [3.63, 3.8) is 0 Å². The van der Waals surface area contributed by atoms with Gasteiger partial charge in [0.2, 0.25) is 0 Å². The first kappa shape index (κ1) is 24.3. The lowest BCUT2D eigenvalue weighted by atomic mass is 9.98. The van der Waals surface area contributed by atoms with Crippen molar-refractivity contribution in [3.05, 3.63) is 75.6 Å². The second kappa shape index (κ2) is 10.0. The van der Waals surface area contributed by atoms with Crippen molar-refractivity contribution >= 4 is 34.1 Å². The maximum absolute atomic E-state index is 13.9. The number of nitrogen functional groups attached to an aromatic ring is 1. The predicted octanol–water partition coefficient (Wildman–Crippen LogP) is 3.24. The van der Waals surface area contributed by atoms with Crippen LogP contribution in [0.2, 0.25) is 5.02 Å². The van der Waals surface area contributed by atoms with Crippen LogP contribution in [-0.2, 0) is 0 Å². The fraction of sp³-hybridized carbons (Fsp3) is 0.333. The molecule has 5 heterocycles.